The van der Waals surface area contributed by atoms with Crippen LogP contribution >= 0.6 is 27.3 Å². The molecule has 1 heterocycles. The summed E-state index contributed by atoms with van der Waals surface area (Å²) < 4.78 is 1.14. The summed E-state index contributed by atoms with van der Waals surface area (Å²) in [7, 11) is 0. The number of anilines is 1. The van der Waals surface area contributed by atoms with Crippen molar-refractivity contribution in [2.24, 2.45) is 0 Å². The number of thiophene rings is 1. The van der Waals surface area contributed by atoms with Gasteiger partial charge in [0.15, 0.2) is 0 Å². The molecule has 0 bridgehead atoms. The fourth-order valence-corrected chi connectivity index (χ4v) is 2.98. The number of hydrogen-bond acceptors (Lipinski definition) is 3. The van der Waals surface area contributed by atoms with E-state index >= 15 is 0 Å². The fraction of sp³-hybridized carbons (Fsp3) is 0.154. The first-order valence-corrected chi connectivity index (χ1v) is 6.79. The van der Waals surface area contributed by atoms with Crippen LogP contribution in [0.3, 0.4) is 0 Å². The molecule has 0 aliphatic rings. The molecule has 17 heavy (non-hydrogen) atoms. The lowest BCUT2D eigenvalue weighted by Crippen LogP contribution is -1.99. The van der Waals surface area contributed by atoms with Crippen molar-refractivity contribution in [1.82, 2.24) is 0 Å². The Bertz CT molecular complexity index is 569. The van der Waals surface area contributed by atoms with Crippen LogP contribution in [-0.2, 0) is 6.54 Å². The highest BCUT2D eigenvalue weighted by Gasteiger charge is 2.01. The van der Waals surface area contributed by atoms with Crippen LogP contribution in [0.1, 0.15) is 16.0 Å². The van der Waals surface area contributed by atoms with E-state index in [1.165, 1.54) is 4.88 Å². The predicted octanol–water partition coefficient (Wildman–Crippen LogP) is 4.30. The van der Waals surface area contributed by atoms with E-state index < -0.39 is 0 Å². The molecule has 0 saturated heterocycles. The number of benzene rings is 1. The smallest absolute Gasteiger partial charge is 0.0991 e. The predicted molar refractivity (Wildman–Crippen MR) is 75.2 cm³/mol. The molecule has 2 rings (SSSR count). The summed E-state index contributed by atoms with van der Waals surface area (Å²) in [5.41, 5.74) is 2.88. The monoisotopic (exact) mass is 306 g/mol. The van der Waals surface area contributed by atoms with E-state index in [4.69, 9.17) is 5.26 Å². The average Bonchev–Trinajstić information content (AvgIpc) is 2.73. The average molecular weight is 307 g/mol. The van der Waals surface area contributed by atoms with Crippen LogP contribution in [0.25, 0.3) is 0 Å². The summed E-state index contributed by atoms with van der Waals surface area (Å²) in [5.74, 6) is 0. The highest BCUT2D eigenvalue weighted by Crippen LogP contribution is 2.23. The zero-order valence-electron chi connectivity index (χ0n) is 9.33. The van der Waals surface area contributed by atoms with Crippen LogP contribution in [0, 0.1) is 18.3 Å². The van der Waals surface area contributed by atoms with Gasteiger partial charge in [0.2, 0.25) is 0 Å². The summed E-state index contributed by atoms with van der Waals surface area (Å²) in [6.45, 7) is 2.82. The van der Waals surface area contributed by atoms with E-state index in [-0.39, 0.29) is 0 Å². The molecule has 0 aliphatic carbocycles. The largest absolute Gasteiger partial charge is 0.380 e. The minimum atomic E-state index is 0.701. The van der Waals surface area contributed by atoms with Gasteiger partial charge in [-0.2, -0.15) is 5.26 Å². The molecule has 1 N–H and O–H groups in total. The van der Waals surface area contributed by atoms with Crippen LogP contribution in [0.5, 0.6) is 0 Å². The van der Waals surface area contributed by atoms with E-state index in [9.17, 15) is 0 Å². The second-order valence-corrected chi connectivity index (χ2v) is 6.25. The first-order valence-electron chi connectivity index (χ1n) is 5.18. The molecule has 2 aromatic rings. The number of aryl methyl sites for hydroxylation is 1. The Morgan fingerprint density at radius 1 is 1.35 bits per heavy atom. The van der Waals surface area contributed by atoms with Crippen molar-refractivity contribution in [3.05, 3.63) is 50.1 Å². The Labute approximate surface area is 113 Å². The first-order chi connectivity index (χ1) is 8.19. The maximum absolute atomic E-state index is 8.79. The third kappa shape index (κ3) is 3.09. The van der Waals surface area contributed by atoms with Crippen LogP contribution in [0.4, 0.5) is 5.69 Å². The number of halogens is 1. The molecule has 0 amide bonds. The Morgan fingerprint density at radius 2 is 2.18 bits per heavy atom. The third-order valence-corrected chi connectivity index (χ3v) is 4.06. The molecule has 0 aliphatic heterocycles. The topological polar surface area (TPSA) is 35.8 Å². The van der Waals surface area contributed by atoms with E-state index in [1.807, 2.05) is 31.2 Å². The maximum Gasteiger partial charge on any atom is 0.0991 e. The van der Waals surface area contributed by atoms with E-state index in [1.54, 1.807) is 11.3 Å². The Balaban J connectivity index is 2.07. The molecule has 0 spiro atoms. The van der Waals surface area contributed by atoms with Crippen molar-refractivity contribution < 1.29 is 0 Å². The van der Waals surface area contributed by atoms with Gasteiger partial charge in [0.25, 0.3) is 0 Å². The van der Waals surface area contributed by atoms with Gasteiger partial charge in [-0.05, 0) is 58.7 Å². The van der Waals surface area contributed by atoms with Crippen molar-refractivity contribution in [3.8, 4) is 6.07 Å². The van der Waals surface area contributed by atoms with Gasteiger partial charge < -0.3 is 5.32 Å². The molecule has 0 atom stereocenters. The summed E-state index contributed by atoms with van der Waals surface area (Å²) >= 11 is 5.17. The van der Waals surface area contributed by atoms with Crippen molar-refractivity contribution in [3.63, 3.8) is 0 Å². The van der Waals surface area contributed by atoms with Gasteiger partial charge in [0.05, 0.1) is 15.4 Å². The molecular weight excluding hydrogens is 296 g/mol. The van der Waals surface area contributed by atoms with Gasteiger partial charge in [0, 0.05) is 17.1 Å². The normalized spacial score (nSPS) is 9.94. The van der Waals surface area contributed by atoms with Gasteiger partial charge in [-0.3, -0.25) is 0 Å². The SMILES string of the molecule is Cc1cc(C#N)ccc1NCc1ccc(Br)s1. The molecule has 4 heteroatoms. The molecule has 2 nitrogen and oxygen atoms in total. The third-order valence-electron chi connectivity index (χ3n) is 2.44. The Kier molecular flexibility index (Phi) is 3.82. The zero-order chi connectivity index (χ0) is 12.3. The Morgan fingerprint density at radius 3 is 2.76 bits per heavy atom. The standard InChI is InChI=1S/C13H11BrN2S/c1-9-6-10(7-15)2-4-12(9)16-8-11-3-5-13(14)17-11/h2-6,16H,8H2,1H3. The molecular formula is C13H11BrN2S. The van der Waals surface area contributed by atoms with Gasteiger partial charge >= 0.3 is 0 Å². The highest BCUT2D eigenvalue weighted by atomic mass is 79.9. The number of nitrogens with zero attached hydrogens (tertiary/aromatic N) is 1. The molecule has 0 radical (unpaired) electrons. The number of rotatable bonds is 3. The van der Waals surface area contributed by atoms with Crippen LogP contribution in [0.15, 0.2) is 34.1 Å². The molecule has 0 unspecified atom stereocenters. The van der Waals surface area contributed by atoms with Crippen LogP contribution in [0.2, 0.25) is 0 Å². The lowest BCUT2D eigenvalue weighted by Gasteiger charge is -2.08. The van der Waals surface area contributed by atoms with Gasteiger partial charge in [0.1, 0.15) is 0 Å². The lowest BCUT2D eigenvalue weighted by molar-refractivity contribution is 1.18. The summed E-state index contributed by atoms with van der Waals surface area (Å²) in [6.07, 6.45) is 0. The second-order valence-electron chi connectivity index (χ2n) is 3.70. The quantitative estimate of drug-likeness (QED) is 0.917. The minimum absolute atomic E-state index is 0.701. The van der Waals surface area contributed by atoms with Crippen molar-refractivity contribution in [1.29, 1.82) is 5.26 Å². The van der Waals surface area contributed by atoms with Gasteiger partial charge in [-0.25, -0.2) is 0 Å². The maximum atomic E-state index is 8.79. The van der Waals surface area contributed by atoms with Crippen LogP contribution < -0.4 is 5.32 Å². The summed E-state index contributed by atoms with van der Waals surface area (Å²) in [4.78, 5) is 1.28. The number of hydrogen-bond donors (Lipinski definition) is 1. The fourth-order valence-electron chi connectivity index (χ4n) is 1.56. The molecule has 0 saturated carbocycles. The highest BCUT2D eigenvalue weighted by molar-refractivity contribution is 9.11. The van der Waals surface area contributed by atoms with Gasteiger partial charge in [-0.1, -0.05) is 0 Å². The lowest BCUT2D eigenvalue weighted by atomic mass is 10.1. The van der Waals surface area contributed by atoms with E-state index in [2.05, 4.69) is 33.4 Å². The molecule has 0 fully saturated rings. The van der Waals surface area contributed by atoms with E-state index in [0.717, 1.165) is 21.6 Å². The van der Waals surface area contributed by atoms with Crippen molar-refractivity contribution in [2.45, 2.75) is 13.5 Å². The van der Waals surface area contributed by atoms with Crippen molar-refractivity contribution in [2.75, 3.05) is 5.32 Å². The Hall–Kier alpha value is -1.31. The minimum Gasteiger partial charge on any atom is -0.380 e. The zero-order valence-corrected chi connectivity index (χ0v) is 11.7. The van der Waals surface area contributed by atoms with Crippen molar-refractivity contribution >= 4 is 33.0 Å². The molecule has 1 aromatic carbocycles. The first kappa shape index (κ1) is 12.2. The van der Waals surface area contributed by atoms with Gasteiger partial charge in [-0.15, -0.1) is 11.3 Å². The molecule has 86 valence electrons. The number of nitriles is 1. The number of nitrogens with one attached hydrogen (secondary N) is 1. The second kappa shape index (κ2) is 5.35. The summed E-state index contributed by atoms with van der Waals surface area (Å²) in [5, 5.41) is 12.2. The van der Waals surface area contributed by atoms with Crippen LogP contribution in [-0.4, -0.2) is 0 Å². The van der Waals surface area contributed by atoms with E-state index in [0.29, 0.717) is 5.56 Å². The molecule has 1 aromatic heterocycles. The summed E-state index contributed by atoms with van der Waals surface area (Å²) in [6, 6.07) is 12.0.